The monoisotopic (exact) mass is 311 g/mol. The van der Waals surface area contributed by atoms with Crippen LogP contribution in [0.15, 0.2) is 12.3 Å². The van der Waals surface area contributed by atoms with Gasteiger partial charge >= 0.3 is 5.97 Å². The summed E-state index contributed by atoms with van der Waals surface area (Å²) < 4.78 is 1.57. The SMILES string of the molecule is CC(C)(SCc1ccn(C2CCCCC2)n1)[C@@H](N)C(=O)O. The van der Waals surface area contributed by atoms with Gasteiger partial charge in [0.05, 0.1) is 11.7 Å². The van der Waals surface area contributed by atoms with E-state index in [1.54, 1.807) is 11.8 Å². The molecule has 5 nitrogen and oxygen atoms in total. The second-order valence-corrected chi connectivity index (χ2v) is 7.92. The van der Waals surface area contributed by atoms with Gasteiger partial charge in [-0.1, -0.05) is 19.3 Å². The fourth-order valence-corrected chi connectivity index (χ4v) is 3.60. The molecular weight excluding hydrogens is 286 g/mol. The summed E-state index contributed by atoms with van der Waals surface area (Å²) in [6, 6.07) is 1.69. The third-order valence-corrected chi connectivity index (χ3v) is 5.66. The molecule has 6 heteroatoms. The summed E-state index contributed by atoms with van der Waals surface area (Å²) in [6.07, 6.45) is 8.38. The molecule has 1 aliphatic carbocycles. The first-order valence-electron chi connectivity index (χ1n) is 7.56. The zero-order chi connectivity index (χ0) is 15.5. The quantitative estimate of drug-likeness (QED) is 0.844. The minimum atomic E-state index is -0.958. The Bertz CT molecular complexity index is 481. The van der Waals surface area contributed by atoms with Gasteiger partial charge in [-0.25, -0.2) is 0 Å². The first-order valence-corrected chi connectivity index (χ1v) is 8.55. The fraction of sp³-hybridized carbons (Fsp3) is 0.733. The minimum absolute atomic E-state index is 0.513. The van der Waals surface area contributed by atoms with E-state index in [9.17, 15) is 4.79 Å². The Balaban J connectivity index is 1.92. The normalized spacial score (nSPS) is 18.6. The number of thioether (sulfide) groups is 1. The summed E-state index contributed by atoms with van der Waals surface area (Å²) in [6.45, 7) is 3.74. The number of carboxylic acids is 1. The van der Waals surface area contributed by atoms with Gasteiger partial charge in [-0.3, -0.25) is 9.48 Å². The maximum atomic E-state index is 11.0. The van der Waals surface area contributed by atoms with Crippen molar-refractivity contribution in [3.8, 4) is 0 Å². The Hall–Kier alpha value is -1.01. The van der Waals surface area contributed by atoms with Crippen molar-refractivity contribution in [3.05, 3.63) is 18.0 Å². The Morgan fingerprint density at radius 3 is 2.81 bits per heavy atom. The molecule has 118 valence electrons. The van der Waals surface area contributed by atoms with Crippen molar-refractivity contribution < 1.29 is 9.90 Å². The number of nitrogens with zero attached hydrogens (tertiary/aromatic N) is 2. The molecule has 0 spiro atoms. The fourth-order valence-electron chi connectivity index (χ4n) is 2.65. The first kappa shape index (κ1) is 16.4. The summed E-state index contributed by atoms with van der Waals surface area (Å²) in [5.74, 6) is -0.270. The third-order valence-electron chi connectivity index (χ3n) is 4.22. The van der Waals surface area contributed by atoms with E-state index in [-0.39, 0.29) is 0 Å². The highest BCUT2D eigenvalue weighted by Gasteiger charge is 2.32. The molecule has 1 atom stereocenters. The Kier molecular flexibility index (Phi) is 5.32. The van der Waals surface area contributed by atoms with E-state index in [0.717, 1.165) is 5.69 Å². The number of aliphatic carboxylic acids is 1. The van der Waals surface area contributed by atoms with Crippen molar-refractivity contribution in [2.75, 3.05) is 0 Å². The number of hydrogen-bond donors (Lipinski definition) is 2. The van der Waals surface area contributed by atoms with Gasteiger partial charge in [0.15, 0.2) is 0 Å². The van der Waals surface area contributed by atoms with Crippen LogP contribution in [-0.4, -0.2) is 31.6 Å². The molecule has 1 saturated carbocycles. The van der Waals surface area contributed by atoms with E-state index in [2.05, 4.69) is 16.0 Å². The maximum Gasteiger partial charge on any atom is 0.321 e. The standard InChI is InChI=1S/C15H25N3O2S/c1-15(2,13(16)14(19)20)21-10-11-8-9-18(17-11)12-6-4-3-5-7-12/h8-9,12-13H,3-7,10,16H2,1-2H3,(H,19,20)/t13-/m0/s1. The molecule has 0 aliphatic heterocycles. The van der Waals surface area contributed by atoms with Crippen molar-refractivity contribution in [1.29, 1.82) is 0 Å². The van der Waals surface area contributed by atoms with Gasteiger partial charge in [-0.2, -0.15) is 5.10 Å². The van der Waals surface area contributed by atoms with E-state index in [4.69, 9.17) is 10.8 Å². The molecule has 1 aromatic heterocycles. The highest BCUT2D eigenvalue weighted by molar-refractivity contribution is 7.99. The van der Waals surface area contributed by atoms with Crippen LogP contribution in [0.5, 0.6) is 0 Å². The lowest BCUT2D eigenvalue weighted by atomic mass is 9.96. The molecule has 0 radical (unpaired) electrons. The van der Waals surface area contributed by atoms with Gasteiger partial charge in [-0.05, 0) is 32.8 Å². The topological polar surface area (TPSA) is 81.1 Å². The summed E-state index contributed by atoms with van der Waals surface area (Å²) >= 11 is 1.55. The molecule has 3 N–H and O–H groups in total. The third kappa shape index (κ3) is 4.23. The summed E-state index contributed by atoms with van der Waals surface area (Å²) in [5.41, 5.74) is 6.73. The number of carboxylic acid groups (broad SMARTS) is 1. The van der Waals surface area contributed by atoms with Gasteiger partial charge in [0.1, 0.15) is 6.04 Å². The van der Waals surface area contributed by atoms with Crippen LogP contribution in [0.3, 0.4) is 0 Å². The van der Waals surface area contributed by atoms with Crippen molar-refractivity contribution in [2.24, 2.45) is 5.73 Å². The minimum Gasteiger partial charge on any atom is -0.480 e. The Morgan fingerprint density at radius 1 is 1.52 bits per heavy atom. The van der Waals surface area contributed by atoms with Crippen LogP contribution >= 0.6 is 11.8 Å². The molecular formula is C15H25N3O2S. The number of hydrogen-bond acceptors (Lipinski definition) is 4. The molecule has 1 aromatic rings. The highest BCUT2D eigenvalue weighted by Crippen LogP contribution is 2.31. The van der Waals surface area contributed by atoms with Crippen LogP contribution in [0.25, 0.3) is 0 Å². The lowest BCUT2D eigenvalue weighted by Crippen LogP contribution is -2.46. The van der Waals surface area contributed by atoms with E-state index >= 15 is 0 Å². The van der Waals surface area contributed by atoms with Crippen LogP contribution in [-0.2, 0) is 10.5 Å². The summed E-state index contributed by atoms with van der Waals surface area (Å²) in [5, 5.41) is 13.7. The predicted octanol–water partition coefficient (Wildman–Crippen LogP) is 2.81. The van der Waals surface area contributed by atoms with Crippen molar-refractivity contribution in [3.63, 3.8) is 0 Å². The predicted molar refractivity (Wildman–Crippen MR) is 85.3 cm³/mol. The zero-order valence-corrected chi connectivity index (χ0v) is 13.6. The van der Waals surface area contributed by atoms with Crippen LogP contribution in [0.1, 0.15) is 57.7 Å². The van der Waals surface area contributed by atoms with Crippen LogP contribution in [0, 0.1) is 0 Å². The highest BCUT2D eigenvalue weighted by atomic mass is 32.2. The molecule has 0 aromatic carbocycles. The zero-order valence-electron chi connectivity index (χ0n) is 12.8. The number of aromatic nitrogens is 2. The second-order valence-electron chi connectivity index (χ2n) is 6.29. The largest absolute Gasteiger partial charge is 0.480 e. The average Bonchev–Trinajstić information content (AvgIpc) is 2.94. The molecule has 1 heterocycles. The average molecular weight is 311 g/mol. The molecule has 21 heavy (non-hydrogen) atoms. The van der Waals surface area contributed by atoms with Gasteiger partial charge < -0.3 is 10.8 Å². The number of carbonyl (C=O) groups is 1. The summed E-state index contributed by atoms with van der Waals surface area (Å²) in [4.78, 5) is 11.0. The van der Waals surface area contributed by atoms with Gasteiger partial charge in [0, 0.05) is 16.7 Å². The second kappa shape index (κ2) is 6.83. The lowest BCUT2D eigenvalue weighted by Gasteiger charge is -2.27. The molecule has 1 aliphatic rings. The molecule has 0 amide bonds. The van der Waals surface area contributed by atoms with Crippen molar-refractivity contribution in [1.82, 2.24) is 9.78 Å². The van der Waals surface area contributed by atoms with Crippen LogP contribution in [0.2, 0.25) is 0 Å². The summed E-state index contributed by atoms with van der Waals surface area (Å²) in [7, 11) is 0. The molecule has 0 saturated heterocycles. The van der Waals surface area contributed by atoms with E-state index in [1.165, 1.54) is 32.1 Å². The van der Waals surface area contributed by atoms with E-state index in [1.807, 2.05) is 19.9 Å². The molecule has 0 unspecified atom stereocenters. The Labute approximate surface area is 130 Å². The van der Waals surface area contributed by atoms with Crippen molar-refractivity contribution >= 4 is 17.7 Å². The Morgan fingerprint density at radius 2 is 2.19 bits per heavy atom. The maximum absolute atomic E-state index is 11.0. The molecule has 0 bridgehead atoms. The molecule has 2 rings (SSSR count). The van der Waals surface area contributed by atoms with Crippen LogP contribution < -0.4 is 5.73 Å². The van der Waals surface area contributed by atoms with Gasteiger partial charge in [-0.15, -0.1) is 11.8 Å². The van der Waals surface area contributed by atoms with Gasteiger partial charge in [0.2, 0.25) is 0 Å². The smallest absolute Gasteiger partial charge is 0.321 e. The van der Waals surface area contributed by atoms with Crippen LogP contribution in [0.4, 0.5) is 0 Å². The van der Waals surface area contributed by atoms with E-state index < -0.39 is 16.8 Å². The van der Waals surface area contributed by atoms with Crippen molar-refractivity contribution in [2.45, 2.75) is 68.5 Å². The lowest BCUT2D eigenvalue weighted by molar-refractivity contribution is -0.139. The number of nitrogens with two attached hydrogens (primary N) is 1. The number of rotatable bonds is 6. The first-order chi connectivity index (χ1) is 9.90. The van der Waals surface area contributed by atoms with Gasteiger partial charge in [0.25, 0.3) is 0 Å². The van der Waals surface area contributed by atoms with E-state index in [0.29, 0.717) is 11.8 Å². The molecule has 1 fully saturated rings.